The van der Waals surface area contributed by atoms with Crippen molar-refractivity contribution in [1.82, 2.24) is 9.96 Å². The summed E-state index contributed by atoms with van der Waals surface area (Å²) in [5.41, 5.74) is 0.409. The lowest BCUT2D eigenvalue weighted by molar-refractivity contribution is -0.177. The maximum absolute atomic E-state index is 12.5. The number of amides is 3. The van der Waals surface area contributed by atoms with Gasteiger partial charge in [-0.2, -0.15) is 0 Å². The fraction of sp³-hybridized carbons (Fsp3) is 0.594. The molecular weight excluding hydrogens is 636 g/mol. The number of nitrogens with zero attached hydrogens (tertiary/aromatic N) is 2. The summed E-state index contributed by atoms with van der Waals surface area (Å²) in [7, 11) is 0. The van der Waals surface area contributed by atoms with Gasteiger partial charge in [0.05, 0.1) is 26.4 Å². The quantitative estimate of drug-likeness (QED) is 0.0925. The first-order valence-electron chi connectivity index (χ1n) is 13.7. The Labute approximate surface area is 283 Å². The Morgan fingerprint density at radius 1 is 0.875 bits per heavy atom. The molecule has 1 aliphatic rings. The molecule has 0 aliphatic carbocycles. The van der Waals surface area contributed by atoms with Crippen LogP contribution < -0.4 is 9.47 Å². The lowest BCUT2D eigenvalue weighted by Gasteiger charge is -2.22. The van der Waals surface area contributed by atoms with Crippen LogP contribution in [0.5, 0.6) is 11.5 Å². The molecule has 16 nitrogen and oxygen atoms in total. The van der Waals surface area contributed by atoms with Crippen molar-refractivity contribution in [3.05, 3.63) is 23.8 Å². The highest BCUT2D eigenvalue weighted by Crippen LogP contribution is 2.29. The molecular formula is C32H54N2O14. The molecule has 0 radical (unpaired) electrons. The zero-order valence-corrected chi connectivity index (χ0v) is 24.5. The highest BCUT2D eigenvalue weighted by atomic mass is 16.8. The number of Topliss-reactive ketones (excluding diaryl/α,β-unsaturated/α-hetero) is 1. The third-order valence-electron chi connectivity index (χ3n) is 5.65. The highest BCUT2D eigenvalue weighted by molar-refractivity contribution is 6.01. The molecule has 1 saturated heterocycles. The fourth-order valence-electron chi connectivity index (χ4n) is 3.63. The summed E-state index contributed by atoms with van der Waals surface area (Å²) in [5.74, 6) is -2.30. The molecule has 48 heavy (non-hydrogen) atoms. The van der Waals surface area contributed by atoms with Crippen LogP contribution in [-0.2, 0) is 49.7 Å². The Morgan fingerprint density at radius 3 is 2.10 bits per heavy atom. The fourth-order valence-corrected chi connectivity index (χ4v) is 3.63. The van der Waals surface area contributed by atoms with Crippen LogP contribution in [0.3, 0.4) is 0 Å². The molecule has 2 N–H and O–H groups in total. The SMILES string of the molecule is C.C.C.C.C=O.CC(=O)Oc1ccc(COC(=O)ON2C(=O)CCC2=O)cc1OCCCC(=O)CN(CCOCCCO)C(=O)CCO. The summed E-state index contributed by atoms with van der Waals surface area (Å²) < 4.78 is 21.1. The summed E-state index contributed by atoms with van der Waals surface area (Å²) in [6.07, 6.45) is -0.717. The molecule has 0 spiro atoms. The lowest BCUT2D eigenvalue weighted by Crippen LogP contribution is -2.38. The van der Waals surface area contributed by atoms with E-state index >= 15 is 0 Å². The zero-order chi connectivity index (χ0) is 32.9. The van der Waals surface area contributed by atoms with Crippen molar-refractivity contribution in [3.63, 3.8) is 0 Å². The maximum Gasteiger partial charge on any atom is 0.534 e. The van der Waals surface area contributed by atoms with Gasteiger partial charge in [-0.05, 0) is 30.5 Å². The lowest BCUT2D eigenvalue weighted by atomic mass is 10.2. The van der Waals surface area contributed by atoms with E-state index in [4.69, 9.17) is 34.0 Å². The van der Waals surface area contributed by atoms with Crippen LogP contribution >= 0.6 is 0 Å². The first-order valence-corrected chi connectivity index (χ1v) is 13.7. The number of carbonyl (C=O) groups is 7. The van der Waals surface area contributed by atoms with Gasteiger partial charge in [-0.1, -0.05) is 40.8 Å². The van der Waals surface area contributed by atoms with Crippen molar-refractivity contribution in [2.24, 2.45) is 0 Å². The summed E-state index contributed by atoms with van der Waals surface area (Å²) in [6.45, 7) is 3.05. The minimum atomic E-state index is -1.26. The Balaban J connectivity index is -0.00000158. The Bertz CT molecular complexity index is 1110. The second-order valence-corrected chi connectivity index (χ2v) is 9.06. The summed E-state index contributed by atoms with van der Waals surface area (Å²) in [6, 6.07) is 4.37. The van der Waals surface area contributed by atoms with Gasteiger partial charge in [-0.3, -0.25) is 28.8 Å². The third kappa shape index (κ3) is 19.3. The minimum absolute atomic E-state index is 0. The molecule has 1 aromatic rings. The molecule has 1 aromatic carbocycles. The van der Waals surface area contributed by atoms with E-state index < -0.39 is 23.9 Å². The van der Waals surface area contributed by atoms with Gasteiger partial charge >= 0.3 is 12.1 Å². The number of hydroxylamine groups is 2. The molecule has 1 aliphatic heterocycles. The normalized spacial score (nSPS) is 11.2. The predicted molar refractivity (Wildman–Crippen MR) is 175 cm³/mol. The molecule has 0 saturated carbocycles. The van der Waals surface area contributed by atoms with E-state index in [1.54, 1.807) is 0 Å². The topological polar surface area (TPSA) is 213 Å². The van der Waals surface area contributed by atoms with Crippen LogP contribution in [-0.4, -0.2) is 109 Å². The van der Waals surface area contributed by atoms with Gasteiger partial charge in [0, 0.05) is 52.4 Å². The van der Waals surface area contributed by atoms with Crippen LogP contribution in [0.1, 0.15) is 80.7 Å². The van der Waals surface area contributed by atoms with Gasteiger partial charge < -0.3 is 38.9 Å². The number of ether oxygens (including phenoxy) is 4. The van der Waals surface area contributed by atoms with Crippen molar-refractivity contribution in [2.45, 2.75) is 81.8 Å². The Hall–Kier alpha value is -4.41. The van der Waals surface area contributed by atoms with E-state index in [1.165, 1.54) is 30.0 Å². The molecule has 1 heterocycles. The van der Waals surface area contributed by atoms with Crippen molar-refractivity contribution in [3.8, 4) is 11.5 Å². The second-order valence-electron chi connectivity index (χ2n) is 9.06. The number of carbonyl (C=O) groups excluding carboxylic acids is 7. The molecule has 276 valence electrons. The molecule has 3 amide bonds. The van der Waals surface area contributed by atoms with E-state index in [-0.39, 0.29) is 131 Å². The van der Waals surface area contributed by atoms with Crippen LogP contribution in [0.4, 0.5) is 4.79 Å². The van der Waals surface area contributed by atoms with Gasteiger partial charge in [-0.25, -0.2) is 4.79 Å². The van der Waals surface area contributed by atoms with E-state index in [2.05, 4.69) is 4.84 Å². The molecule has 0 bridgehead atoms. The Kier molecular flexibility index (Phi) is 30.3. The molecule has 0 aromatic heterocycles. The number of hydrogen-bond donors (Lipinski definition) is 2. The van der Waals surface area contributed by atoms with Crippen molar-refractivity contribution in [2.75, 3.05) is 46.1 Å². The Morgan fingerprint density at radius 2 is 1.52 bits per heavy atom. The minimum Gasteiger partial charge on any atom is -0.490 e. The van der Waals surface area contributed by atoms with Gasteiger partial charge in [0.25, 0.3) is 11.8 Å². The third-order valence-corrected chi connectivity index (χ3v) is 5.65. The first kappa shape index (κ1) is 50.4. The van der Waals surface area contributed by atoms with Crippen molar-refractivity contribution >= 4 is 42.4 Å². The number of ketones is 1. The summed E-state index contributed by atoms with van der Waals surface area (Å²) >= 11 is 0. The van der Waals surface area contributed by atoms with Crippen LogP contribution in [0, 0.1) is 0 Å². The van der Waals surface area contributed by atoms with Crippen LogP contribution in [0.15, 0.2) is 18.2 Å². The monoisotopic (exact) mass is 690 g/mol. The number of imide groups is 1. The first-order chi connectivity index (χ1) is 21.1. The largest absolute Gasteiger partial charge is 0.534 e. The number of hydrogen-bond acceptors (Lipinski definition) is 14. The van der Waals surface area contributed by atoms with Gasteiger partial charge in [-0.15, -0.1) is 0 Å². The van der Waals surface area contributed by atoms with E-state index in [0.29, 0.717) is 23.7 Å². The molecule has 1 fully saturated rings. The van der Waals surface area contributed by atoms with Crippen molar-refractivity contribution in [1.29, 1.82) is 0 Å². The summed E-state index contributed by atoms with van der Waals surface area (Å²) in [5, 5.41) is 18.2. The van der Waals surface area contributed by atoms with E-state index in [1.807, 2.05) is 6.79 Å². The van der Waals surface area contributed by atoms with Crippen molar-refractivity contribution < 1.29 is 67.6 Å². The van der Waals surface area contributed by atoms with Gasteiger partial charge in [0.15, 0.2) is 17.3 Å². The van der Waals surface area contributed by atoms with E-state index in [0.717, 1.165) is 0 Å². The maximum atomic E-state index is 12.5. The number of benzene rings is 1. The van der Waals surface area contributed by atoms with E-state index in [9.17, 15) is 28.8 Å². The smallest absolute Gasteiger partial charge is 0.490 e. The molecule has 2 rings (SSSR count). The number of rotatable bonds is 19. The molecule has 0 unspecified atom stereocenters. The average molecular weight is 691 g/mol. The van der Waals surface area contributed by atoms with Gasteiger partial charge in [0.2, 0.25) is 5.91 Å². The molecule has 16 heteroatoms. The number of aliphatic hydroxyl groups excluding tert-OH is 2. The number of esters is 1. The zero-order valence-electron chi connectivity index (χ0n) is 24.5. The van der Waals surface area contributed by atoms with Crippen LogP contribution in [0.25, 0.3) is 0 Å². The standard InChI is InChI=1S/C27H36N2O13.CH2O.4CH4/c1-19(32)41-22-6-5-20(18-40-27(37)42-29-25(35)7-8-26(29)36)16-23(22)39-14-2-4-21(33)17-28(24(34)9-12-31)10-15-38-13-3-11-30;1-2;;;;/h5-6,16,30-31H,2-4,7-15,17-18H2,1H3;1H2;4*1H4. The second kappa shape index (κ2) is 28.8. The molecule has 0 atom stereocenters. The predicted octanol–water partition coefficient (Wildman–Crippen LogP) is 3.03. The number of aliphatic hydroxyl groups is 2. The summed E-state index contributed by atoms with van der Waals surface area (Å²) in [4.78, 5) is 85.3. The van der Waals surface area contributed by atoms with Crippen LogP contribution in [0.2, 0.25) is 0 Å². The average Bonchev–Trinajstić information content (AvgIpc) is 3.31. The highest BCUT2D eigenvalue weighted by Gasteiger charge is 2.33. The van der Waals surface area contributed by atoms with Gasteiger partial charge in [0.1, 0.15) is 13.4 Å².